The Hall–Kier alpha value is -2.88. The van der Waals surface area contributed by atoms with Crippen LogP contribution in [0.15, 0.2) is 46.9 Å². The number of halogens is 1. The molecule has 5 rings (SSSR count). The monoisotopic (exact) mass is 568 g/mol. The van der Waals surface area contributed by atoms with E-state index in [-0.39, 0.29) is 17.7 Å². The molecule has 2 N–H and O–H groups in total. The number of nitrogens with one attached hydrogen (secondary N) is 1. The molecule has 2 aliphatic heterocycles. The van der Waals surface area contributed by atoms with Gasteiger partial charge in [-0.05, 0) is 67.9 Å². The van der Waals surface area contributed by atoms with Crippen LogP contribution in [0.1, 0.15) is 43.1 Å². The zero-order valence-corrected chi connectivity index (χ0v) is 23.0. The van der Waals surface area contributed by atoms with E-state index in [4.69, 9.17) is 4.74 Å². The van der Waals surface area contributed by atoms with Crippen LogP contribution in [-0.2, 0) is 16.0 Å². The molecule has 1 saturated heterocycles. The molecule has 196 valence electrons. The van der Waals surface area contributed by atoms with Gasteiger partial charge >= 0.3 is 6.03 Å². The number of hydrogen-bond acceptors (Lipinski definition) is 5. The van der Waals surface area contributed by atoms with Crippen molar-refractivity contribution in [2.75, 3.05) is 39.9 Å². The summed E-state index contributed by atoms with van der Waals surface area (Å²) in [5.41, 5.74) is 2.60. The van der Waals surface area contributed by atoms with Crippen LogP contribution >= 0.6 is 15.9 Å². The van der Waals surface area contributed by atoms with E-state index in [0.717, 1.165) is 51.8 Å². The molecular weight excluding hydrogens is 536 g/mol. The first kappa shape index (κ1) is 25.8. The molecule has 3 heterocycles. The van der Waals surface area contributed by atoms with Gasteiger partial charge < -0.3 is 19.7 Å². The number of fused-ring (bicyclic) bond motifs is 4. The fraction of sp³-hybridized carbons (Fsp3) is 0.429. The lowest BCUT2D eigenvalue weighted by Crippen LogP contribution is -2.53. The number of nitrogens with zero attached hydrogens (tertiary/aromatic N) is 3. The Balaban J connectivity index is 1.52. The van der Waals surface area contributed by atoms with E-state index in [1.165, 1.54) is 4.90 Å². The fourth-order valence-electron chi connectivity index (χ4n) is 5.82. The van der Waals surface area contributed by atoms with E-state index in [1.54, 1.807) is 30.2 Å². The Morgan fingerprint density at radius 2 is 2.03 bits per heavy atom. The second kappa shape index (κ2) is 10.1. The Morgan fingerprint density at radius 1 is 1.22 bits per heavy atom. The smallest absolute Gasteiger partial charge is 0.328 e. The number of hydrogen-bond donors (Lipinski definition) is 2. The van der Waals surface area contributed by atoms with Crippen molar-refractivity contribution in [3.05, 3.63) is 63.8 Å². The van der Waals surface area contributed by atoms with E-state index in [2.05, 4.69) is 38.8 Å². The number of aromatic nitrogens is 1. The van der Waals surface area contributed by atoms with Crippen molar-refractivity contribution in [3.63, 3.8) is 0 Å². The Morgan fingerprint density at radius 3 is 2.76 bits per heavy atom. The summed E-state index contributed by atoms with van der Waals surface area (Å²) in [4.78, 5) is 36.8. The van der Waals surface area contributed by atoms with Gasteiger partial charge in [0.05, 0.1) is 6.61 Å². The molecule has 0 saturated carbocycles. The molecule has 1 fully saturated rings. The highest BCUT2D eigenvalue weighted by Gasteiger charge is 2.60. The number of carbonyl (C=O) groups excluding carboxylic acids is 2. The van der Waals surface area contributed by atoms with Crippen LogP contribution in [0.2, 0.25) is 0 Å². The number of methoxy groups -OCH3 is 1. The van der Waals surface area contributed by atoms with Crippen LogP contribution in [-0.4, -0.2) is 82.2 Å². The molecule has 0 bridgehead atoms. The number of urea groups is 1. The fourth-order valence-corrected chi connectivity index (χ4v) is 6.19. The number of aromatic hydroxyl groups is 1. The first-order valence-electron chi connectivity index (χ1n) is 12.7. The van der Waals surface area contributed by atoms with Gasteiger partial charge in [0.15, 0.2) is 0 Å². The highest BCUT2D eigenvalue weighted by Crippen LogP contribution is 2.49. The normalized spacial score (nSPS) is 21.3. The average Bonchev–Trinajstić information content (AvgIpc) is 3.31. The molecule has 0 aliphatic carbocycles. The van der Waals surface area contributed by atoms with Gasteiger partial charge in [0, 0.05) is 47.7 Å². The second-order valence-corrected chi connectivity index (χ2v) is 11.0. The van der Waals surface area contributed by atoms with Crippen molar-refractivity contribution < 1.29 is 19.4 Å². The lowest BCUT2D eigenvalue weighted by Gasteiger charge is -2.42. The molecule has 2 aliphatic rings. The van der Waals surface area contributed by atoms with E-state index < -0.39 is 11.6 Å². The summed E-state index contributed by atoms with van der Waals surface area (Å²) in [6, 6.07) is 12.2. The van der Waals surface area contributed by atoms with Crippen LogP contribution in [0.4, 0.5) is 4.79 Å². The first-order chi connectivity index (χ1) is 17.8. The molecule has 1 aromatic heterocycles. The van der Waals surface area contributed by atoms with Crippen LogP contribution in [0, 0.1) is 0 Å². The number of likely N-dealkylation sites (N-methyl/N-ethyl adjacent to an activating group) is 1. The topological polar surface area (TPSA) is 89.1 Å². The quantitative estimate of drug-likeness (QED) is 0.366. The molecular formula is C28H33BrN4O4. The van der Waals surface area contributed by atoms with E-state index in [9.17, 15) is 14.7 Å². The molecule has 2 atom stereocenters. The Kier molecular flexibility index (Phi) is 7.04. The molecule has 0 unspecified atom stereocenters. The van der Waals surface area contributed by atoms with E-state index >= 15 is 0 Å². The van der Waals surface area contributed by atoms with Crippen molar-refractivity contribution in [1.82, 2.24) is 19.7 Å². The van der Waals surface area contributed by atoms with Crippen molar-refractivity contribution in [2.45, 2.75) is 38.3 Å². The minimum atomic E-state index is -1.03. The number of amides is 3. The number of ether oxygens (including phenoxy) is 1. The van der Waals surface area contributed by atoms with Crippen molar-refractivity contribution in [3.8, 4) is 5.75 Å². The first-order valence-corrected chi connectivity index (χ1v) is 13.5. The number of imide groups is 1. The van der Waals surface area contributed by atoms with Gasteiger partial charge in [0.25, 0.3) is 5.91 Å². The minimum absolute atomic E-state index is 0.121. The molecule has 3 aromatic rings. The minimum Gasteiger partial charge on any atom is -0.508 e. The Bertz CT molecular complexity index is 1340. The van der Waals surface area contributed by atoms with E-state index in [1.807, 2.05) is 25.1 Å². The third-order valence-electron chi connectivity index (χ3n) is 7.73. The zero-order chi connectivity index (χ0) is 26.3. The number of benzene rings is 2. The molecule has 2 aromatic carbocycles. The van der Waals surface area contributed by atoms with Crippen molar-refractivity contribution in [2.24, 2.45) is 0 Å². The van der Waals surface area contributed by atoms with Gasteiger partial charge in [-0.3, -0.25) is 14.6 Å². The molecule has 3 amide bonds. The average molecular weight is 570 g/mol. The molecule has 0 radical (unpaired) electrons. The summed E-state index contributed by atoms with van der Waals surface area (Å²) in [5.74, 6) is -0.0479. The third-order valence-corrected chi connectivity index (χ3v) is 8.22. The highest BCUT2D eigenvalue weighted by atomic mass is 79.9. The zero-order valence-electron chi connectivity index (χ0n) is 21.5. The van der Waals surface area contributed by atoms with Gasteiger partial charge in [-0.2, -0.15) is 0 Å². The maximum atomic E-state index is 13.9. The number of phenolic OH excluding ortho intramolecular Hbond substituents is 1. The summed E-state index contributed by atoms with van der Waals surface area (Å²) in [6.45, 7) is 7.46. The lowest BCUT2D eigenvalue weighted by molar-refractivity contribution is -0.133. The number of carbonyl (C=O) groups is 2. The predicted octanol–water partition coefficient (Wildman–Crippen LogP) is 4.66. The number of aromatic amines is 1. The van der Waals surface area contributed by atoms with Gasteiger partial charge in [-0.25, -0.2) is 4.79 Å². The standard InChI is InChI=1S/C28H33BrN4O4/c1-4-31(13-14-37-3)11-6-12-32-26(35)28(2)17-22-21-16-19(29)9-10-23(21)30-24(22)25(33(28)27(32)36)18-7-5-8-20(34)15-18/h5,7-10,15-16,25,30,34H,4,6,11-14,17H2,1-3H3/t25-,28+/m1/s1. The van der Waals surface area contributed by atoms with Gasteiger partial charge in [0.1, 0.15) is 17.3 Å². The van der Waals surface area contributed by atoms with Gasteiger partial charge in [-0.1, -0.05) is 35.0 Å². The molecule has 8 nitrogen and oxygen atoms in total. The van der Waals surface area contributed by atoms with Crippen LogP contribution in [0.3, 0.4) is 0 Å². The summed E-state index contributed by atoms with van der Waals surface area (Å²) in [5, 5.41) is 11.3. The number of phenols is 1. The summed E-state index contributed by atoms with van der Waals surface area (Å²) in [6.07, 6.45) is 1.11. The SMILES string of the molecule is CCN(CCCN1C(=O)N2[C@H](c3cccc(O)c3)c3[nH]c4ccc(Br)cc4c3C[C@@]2(C)C1=O)CCOC. The van der Waals surface area contributed by atoms with Gasteiger partial charge in [-0.15, -0.1) is 0 Å². The van der Waals surface area contributed by atoms with Gasteiger partial charge in [0.2, 0.25) is 0 Å². The highest BCUT2D eigenvalue weighted by molar-refractivity contribution is 9.10. The third kappa shape index (κ3) is 4.43. The summed E-state index contributed by atoms with van der Waals surface area (Å²) < 4.78 is 6.15. The largest absolute Gasteiger partial charge is 0.508 e. The van der Waals surface area contributed by atoms with Crippen LogP contribution < -0.4 is 0 Å². The predicted molar refractivity (Wildman–Crippen MR) is 146 cm³/mol. The molecule has 37 heavy (non-hydrogen) atoms. The van der Waals surface area contributed by atoms with Crippen LogP contribution in [0.5, 0.6) is 5.75 Å². The summed E-state index contributed by atoms with van der Waals surface area (Å²) in [7, 11) is 1.69. The number of rotatable bonds is 9. The second-order valence-electron chi connectivity index (χ2n) is 10.0. The van der Waals surface area contributed by atoms with E-state index in [0.29, 0.717) is 26.0 Å². The molecule has 0 spiro atoms. The Labute approximate surface area is 225 Å². The van der Waals surface area contributed by atoms with Crippen LogP contribution in [0.25, 0.3) is 10.9 Å². The lowest BCUT2D eigenvalue weighted by atomic mass is 9.81. The van der Waals surface area contributed by atoms with Crippen molar-refractivity contribution >= 4 is 38.8 Å². The summed E-state index contributed by atoms with van der Waals surface area (Å²) >= 11 is 3.58. The molecule has 9 heteroatoms. The number of H-pyrrole nitrogens is 1. The van der Waals surface area contributed by atoms with Crippen molar-refractivity contribution in [1.29, 1.82) is 0 Å². The maximum absolute atomic E-state index is 13.9. The maximum Gasteiger partial charge on any atom is 0.328 e.